The van der Waals surface area contributed by atoms with Crippen LogP contribution in [0.4, 0.5) is 0 Å². The fourth-order valence-electron chi connectivity index (χ4n) is 1.76. The van der Waals surface area contributed by atoms with Crippen molar-refractivity contribution < 1.29 is 4.74 Å². The summed E-state index contributed by atoms with van der Waals surface area (Å²) in [6.45, 7) is 0. The average molecular weight is 315 g/mol. The predicted molar refractivity (Wildman–Crippen MR) is 78.2 cm³/mol. The van der Waals surface area contributed by atoms with Gasteiger partial charge in [0.2, 0.25) is 0 Å². The summed E-state index contributed by atoms with van der Waals surface area (Å²) in [7, 11) is 0. The van der Waals surface area contributed by atoms with Gasteiger partial charge in [-0.25, -0.2) is 0 Å². The Morgan fingerprint density at radius 3 is 2.05 bits per heavy atom. The van der Waals surface area contributed by atoms with Crippen molar-refractivity contribution in [2.24, 2.45) is 0 Å². The number of aromatic amines is 1. The second-order valence-corrected chi connectivity index (χ2v) is 4.97. The number of hydrogen-bond donors (Lipinski definition) is 1. The molecule has 1 aromatic heterocycles. The average Bonchev–Trinajstić information content (AvgIpc) is 2.96. The van der Waals surface area contributed by atoms with Crippen molar-refractivity contribution in [2.75, 3.05) is 0 Å². The van der Waals surface area contributed by atoms with Crippen molar-refractivity contribution in [3.05, 3.63) is 65.3 Å². The zero-order valence-electron chi connectivity index (χ0n) is 10.0. The molecular weight excluding hydrogens is 304 g/mol. The highest BCUT2D eigenvalue weighted by atomic mass is 79.9. The number of aromatic nitrogens is 2. The van der Waals surface area contributed by atoms with Gasteiger partial charge in [-0.2, -0.15) is 5.10 Å². The normalized spacial score (nSPS) is 10.4. The zero-order valence-corrected chi connectivity index (χ0v) is 11.6. The van der Waals surface area contributed by atoms with Gasteiger partial charge in [-0.15, -0.1) is 0 Å². The van der Waals surface area contributed by atoms with E-state index in [2.05, 4.69) is 26.1 Å². The highest BCUT2D eigenvalue weighted by Crippen LogP contribution is 2.25. The number of nitrogens with zero attached hydrogens (tertiary/aromatic N) is 1. The molecule has 0 amide bonds. The van der Waals surface area contributed by atoms with Crippen LogP contribution < -0.4 is 4.74 Å². The van der Waals surface area contributed by atoms with Crippen LogP contribution in [0.3, 0.4) is 0 Å². The first kappa shape index (κ1) is 12.0. The molecule has 0 bridgehead atoms. The molecule has 0 atom stereocenters. The van der Waals surface area contributed by atoms with E-state index in [0.717, 1.165) is 27.2 Å². The summed E-state index contributed by atoms with van der Waals surface area (Å²) in [6.07, 6.45) is 1.74. The van der Waals surface area contributed by atoms with Gasteiger partial charge in [-0.05, 0) is 60.2 Å². The Bertz CT molecular complexity index is 646. The summed E-state index contributed by atoms with van der Waals surface area (Å²) >= 11 is 3.40. The van der Waals surface area contributed by atoms with Crippen LogP contribution in [-0.4, -0.2) is 10.2 Å². The monoisotopic (exact) mass is 314 g/mol. The Morgan fingerprint density at radius 1 is 0.842 bits per heavy atom. The van der Waals surface area contributed by atoms with Gasteiger partial charge < -0.3 is 4.74 Å². The molecule has 0 spiro atoms. The Kier molecular flexibility index (Phi) is 3.33. The molecule has 0 radical (unpaired) electrons. The number of halogens is 1. The van der Waals surface area contributed by atoms with Gasteiger partial charge in [0.05, 0.1) is 5.69 Å². The predicted octanol–water partition coefficient (Wildman–Crippen LogP) is 4.63. The molecule has 19 heavy (non-hydrogen) atoms. The van der Waals surface area contributed by atoms with Crippen molar-refractivity contribution in [2.45, 2.75) is 0 Å². The molecule has 1 N–H and O–H groups in total. The first-order valence-corrected chi connectivity index (χ1v) is 6.64. The number of ether oxygens (including phenoxy) is 1. The Morgan fingerprint density at radius 2 is 1.47 bits per heavy atom. The molecule has 0 aliphatic carbocycles. The van der Waals surface area contributed by atoms with Gasteiger partial charge >= 0.3 is 0 Å². The summed E-state index contributed by atoms with van der Waals surface area (Å²) in [5.74, 6) is 1.63. The lowest BCUT2D eigenvalue weighted by atomic mass is 10.1. The van der Waals surface area contributed by atoms with Crippen LogP contribution in [0.25, 0.3) is 11.3 Å². The van der Waals surface area contributed by atoms with Crippen molar-refractivity contribution in [3.63, 3.8) is 0 Å². The van der Waals surface area contributed by atoms with Gasteiger partial charge in [0.1, 0.15) is 11.5 Å². The topological polar surface area (TPSA) is 37.9 Å². The van der Waals surface area contributed by atoms with Gasteiger partial charge in [0.25, 0.3) is 0 Å². The number of hydrogen-bond acceptors (Lipinski definition) is 2. The third kappa shape index (κ3) is 2.85. The summed E-state index contributed by atoms with van der Waals surface area (Å²) in [5, 5.41) is 6.87. The fraction of sp³-hybridized carbons (Fsp3) is 0. The number of nitrogens with one attached hydrogen (secondary N) is 1. The molecule has 0 saturated carbocycles. The Labute approximate surface area is 119 Å². The summed E-state index contributed by atoms with van der Waals surface area (Å²) in [6, 6.07) is 17.6. The highest BCUT2D eigenvalue weighted by molar-refractivity contribution is 9.10. The molecule has 3 nitrogen and oxygen atoms in total. The maximum absolute atomic E-state index is 5.76. The Hall–Kier alpha value is -2.07. The van der Waals surface area contributed by atoms with Crippen molar-refractivity contribution in [3.8, 4) is 22.8 Å². The largest absolute Gasteiger partial charge is 0.457 e. The molecule has 4 heteroatoms. The van der Waals surface area contributed by atoms with E-state index in [1.807, 2.05) is 54.6 Å². The summed E-state index contributed by atoms with van der Waals surface area (Å²) in [4.78, 5) is 0. The standard InChI is InChI=1S/C15H11BrN2O/c16-12-3-7-14(8-4-12)19-13-5-1-11(2-6-13)15-9-10-17-18-15/h1-10H,(H,17,18). The second-order valence-electron chi connectivity index (χ2n) is 4.05. The number of rotatable bonds is 3. The first-order valence-electron chi connectivity index (χ1n) is 5.84. The van der Waals surface area contributed by atoms with E-state index in [1.165, 1.54) is 0 Å². The van der Waals surface area contributed by atoms with Crippen molar-refractivity contribution in [1.29, 1.82) is 0 Å². The van der Waals surface area contributed by atoms with Gasteiger partial charge in [0, 0.05) is 10.7 Å². The van der Waals surface area contributed by atoms with Gasteiger partial charge in [-0.3, -0.25) is 5.10 Å². The van der Waals surface area contributed by atoms with Gasteiger partial charge in [-0.1, -0.05) is 15.9 Å². The van der Waals surface area contributed by atoms with E-state index in [4.69, 9.17) is 4.74 Å². The smallest absolute Gasteiger partial charge is 0.127 e. The lowest BCUT2D eigenvalue weighted by molar-refractivity contribution is 0.482. The van der Waals surface area contributed by atoms with Crippen LogP contribution in [0.15, 0.2) is 65.3 Å². The van der Waals surface area contributed by atoms with E-state index in [9.17, 15) is 0 Å². The highest BCUT2D eigenvalue weighted by Gasteiger charge is 2.00. The SMILES string of the molecule is Brc1ccc(Oc2ccc(-c3ccn[nH]3)cc2)cc1. The first-order chi connectivity index (χ1) is 9.31. The van der Waals surface area contributed by atoms with Crippen molar-refractivity contribution >= 4 is 15.9 Å². The zero-order chi connectivity index (χ0) is 13.1. The van der Waals surface area contributed by atoms with E-state index in [-0.39, 0.29) is 0 Å². The lowest BCUT2D eigenvalue weighted by Crippen LogP contribution is -1.84. The molecule has 3 aromatic rings. The molecule has 0 fully saturated rings. The fourth-order valence-corrected chi connectivity index (χ4v) is 2.02. The molecule has 0 aliphatic rings. The molecule has 1 heterocycles. The van der Waals surface area contributed by atoms with E-state index in [0.29, 0.717) is 0 Å². The van der Waals surface area contributed by atoms with Crippen molar-refractivity contribution in [1.82, 2.24) is 10.2 Å². The van der Waals surface area contributed by atoms with Gasteiger partial charge in [0.15, 0.2) is 0 Å². The number of benzene rings is 2. The molecule has 94 valence electrons. The van der Waals surface area contributed by atoms with E-state index >= 15 is 0 Å². The minimum atomic E-state index is 0.811. The van der Waals surface area contributed by atoms with Crippen LogP contribution in [0.2, 0.25) is 0 Å². The van der Waals surface area contributed by atoms with E-state index < -0.39 is 0 Å². The van der Waals surface area contributed by atoms with Crippen LogP contribution in [0, 0.1) is 0 Å². The maximum Gasteiger partial charge on any atom is 0.127 e. The summed E-state index contributed by atoms with van der Waals surface area (Å²) < 4.78 is 6.80. The van der Waals surface area contributed by atoms with E-state index in [1.54, 1.807) is 6.20 Å². The molecule has 0 saturated heterocycles. The van der Waals surface area contributed by atoms with Crippen LogP contribution >= 0.6 is 15.9 Å². The maximum atomic E-state index is 5.76. The van der Waals surface area contributed by atoms with Crippen LogP contribution in [0.5, 0.6) is 11.5 Å². The summed E-state index contributed by atoms with van der Waals surface area (Å²) in [5.41, 5.74) is 2.08. The van der Waals surface area contributed by atoms with Crippen LogP contribution in [0.1, 0.15) is 0 Å². The Balaban J connectivity index is 1.77. The minimum Gasteiger partial charge on any atom is -0.457 e. The number of H-pyrrole nitrogens is 1. The molecule has 3 rings (SSSR count). The lowest BCUT2D eigenvalue weighted by Gasteiger charge is -2.06. The molecule has 0 aliphatic heterocycles. The quantitative estimate of drug-likeness (QED) is 0.765. The molecular formula is C15H11BrN2O. The third-order valence-corrected chi connectivity index (χ3v) is 3.24. The second kappa shape index (κ2) is 5.28. The third-order valence-electron chi connectivity index (χ3n) is 2.72. The molecule has 2 aromatic carbocycles. The molecule has 0 unspecified atom stereocenters. The minimum absolute atomic E-state index is 0.811. The van der Waals surface area contributed by atoms with Crippen LogP contribution in [-0.2, 0) is 0 Å².